The molecule has 0 aromatic heterocycles. The molecule has 0 spiro atoms. The number of hydrogen-bond donors (Lipinski definition) is 1. The van der Waals surface area contributed by atoms with Gasteiger partial charge in [-0.25, -0.2) is 0 Å². The lowest BCUT2D eigenvalue weighted by Crippen LogP contribution is -2.52. The lowest BCUT2D eigenvalue weighted by Gasteiger charge is -2.35. The van der Waals surface area contributed by atoms with Gasteiger partial charge in [0.25, 0.3) is 0 Å². The highest BCUT2D eigenvalue weighted by Crippen LogP contribution is 2.36. The van der Waals surface area contributed by atoms with Gasteiger partial charge in [-0.15, -0.1) is 0 Å². The van der Waals surface area contributed by atoms with E-state index in [1.165, 1.54) is 11.1 Å². The van der Waals surface area contributed by atoms with Crippen molar-refractivity contribution in [3.05, 3.63) is 29.3 Å². The molecule has 1 fully saturated rings. The zero-order valence-corrected chi connectivity index (χ0v) is 13.6. The summed E-state index contributed by atoms with van der Waals surface area (Å²) in [6.07, 6.45) is 4.02. The molecule has 22 heavy (non-hydrogen) atoms. The van der Waals surface area contributed by atoms with Gasteiger partial charge in [-0.2, -0.15) is 0 Å². The molecule has 2 atom stereocenters. The fourth-order valence-electron chi connectivity index (χ4n) is 3.77. The van der Waals surface area contributed by atoms with Crippen molar-refractivity contribution in [2.24, 2.45) is 0 Å². The van der Waals surface area contributed by atoms with Crippen LogP contribution in [0.1, 0.15) is 43.2 Å². The molecule has 1 amide bonds. The number of carbonyl (C=O) groups is 1. The summed E-state index contributed by atoms with van der Waals surface area (Å²) < 4.78 is 5.32. The Bertz CT molecular complexity index is 544. The molecule has 0 radical (unpaired) electrons. The number of benzene rings is 1. The fourth-order valence-corrected chi connectivity index (χ4v) is 3.77. The van der Waals surface area contributed by atoms with Crippen LogP contribution in [0.2, 0.25) is 0 Å². The number of hydrogen-bond acceptors (Lipinski definition) is 3. The molecule has 1 aliphatic heterocycles. The van der Waals surface area contributed by atoms with Gasteiger partial charge < -0.3 is 15.0 Å². The number of nitrogens with zero attached hydrogens (tertiary/aromatic N) is 1. The lowest BCUT2D eigenvalue weighted by molar-refractivity contribution is -0.134. The first kappa shape index (κ1) is 15.3. The molecular formula is C18H26N2O2. The summed E-state index contributed by atoms with van der Waals surface area (Å²) in [6.45, 7) is 4.78. The van der Waals surface area contributed by atoms with E-state index in [4.69, 9.17) is 4.74 Å². The zero-order valence-electron chi connectivity index (χ0n) is 13.6. The molecule has 0 saturated carbocycles. The molecule has 1 heterocycles. The lowest BCUT2D eigenvalue weighted by atomic mass is 9.80. The minimum atomic E-state index is 0.306. The summed E-state index contributed by atoms with van der Waals surface area (Å²) in [5, 5.41) is 3.34. The molecular weight excluding hydrogens is 276 g/mol. The van der Waals surface area contributed by atoms with Gasteiger partial charge in [0.1, 0.15) is 5.75 Å². The normalized spacial score (nSPS) is 24.7. The molecule has 2 aliphatic rings. The molecule has 4 nitrogen and oxygen atoms in total. The van der Waals surface area contributed by atoms with Crippen molar-refractivity contribution in [3.63, 3.8) is 0 Å². The molecule has 120 valence electrons. The fraction of sp³-hybridized carbons (Fsp3) is 0.611. The largest absolute Gasteiger partial charge is 0.497 e. The third-order valence-electron chi connectivity index (χ3n) is 5.03. The molecule has 0 bridgehead atoms. The standard InChI is InChI=1S/C18H26N2O2/c1-13-12-19-8-9-20(13)18(21)11-15-5-3-4-14-10-16(22-2)6-7-17(14)15/h6-7,10,13,15,19H,3-5,8-9,11-12H2,1-2H3/t13-,15?/m0/s1. The number of aryl methyl sites for hydroxylation is 1. The first-order chi connectivity index (χ1) is 10.7. The van der Waals surface area contributed by atoms with Crippen molar-refractivity contribution in [1.82, 2.24) is 10.2 Å². The Balaban J connectivity index is 1.72. The van der Waals surface area contributed by atoms with E-state index in [0.717, 1.165) is 44.6 Å². The van der Waals surface area contributed by atoms with Crippen LogP contribution in [0.15, 0.2) is 18.2 Å². The van der Waals surface area contributed by atoms with E-state index in [9.17, 15) is 4.79 Å². The number of amides is 1. The van der Waals surface area contributed by atoms with E-state index in [0.29, 0.717) is 24.3 Å². The summed E-state index contributed by atoms with van der Waals surface area (Å²) in [4.78, 5) is 14.7. The van der Waals surface area contributed by atoms with Gasteiger partial charge in [-0.3, -0.25) is 4.79 Å². The molecule has 4 heteroatoms. The highest BCUT2D eigenvalue weighted by Gasteiger charge is 2.28. The average molecular weight is 302 g/mol. The predicted octanol–water partition coefficient (Wildman–Crippen LogP) is 2.33. The number of fused-ring (bicyclic) bond motifs is 1. The van der Waals surface area contributed by atoms with E-state index in [1.54, 1.807) is 7.11 Å². The molecule has 1 aromatic carbocycles. The van der Waals surface area contributed by atoms with Crippen LogP contribution in [0.3, 0.4) is 0 Å². The maximum atomic E-state index is 12.7. The summed E-state index contributed by atoms with van der Waals surface area (Å²) >= 11 is 0. The zero-order chi connectivity index (χ0) is 15.5. The second-order valence-electron chi connectivity index (χ2n) is 6.50. The van der Waals surface area contributed by atoms with Crippen LogP contribution >= 0.6 is 0 Å². The van der Waals surface area contributed by atoms with Gasteiger partial charge in [0.05, 0.1) is 7.11 Å². The quantitative estimate of drug-likeness (QED) is 0.932. The van der Waals surface area contributed by atoms with E-state index in [1.807, 2.05) is 11.0 Å². The number of piperazine rings is 1. The Kier molecular flexibility index (Phi) is 4.67. The van der Waals surface area contributed by atoms with Crippen LogP contribution in [0.25, 0.3) is 0 Å². The Morgan fingerprint density at radius 3 is 3.09 bits per heavy atom. The van der Waals surface area contributed by atoms with Gasteiger partial charge in [-0.1, -0.05) is 6.07 Å². The number of ether oxygens (including phenoxy) is 1. The molecule has 1 aromatic rings. The Morgan fingerprint density at radius 2 is 2.32 bits per heavy atom. The van der Waals surface area contributed by atoms with E-state index in [2.05, 4.69) is 24.4 Å². The number of methoxy groups -OCH3 is 1. The van der Waals surface area contributed by atoms with Crippen LogP contribution in [-0.2, 0) is 11.2 Å². The molecule has 1 N–H and O–H groups in total. The van der Waals surface area contributed by atoms with Crippen molar-refractivity contribution < 1.29 is 9.53 Å². The van der Waals surface area contributed by atoms with Crippen LogP contribution in [-0.4, -0.2) is 43.6 Å². The highest BCUT2D eigenvalue weighted by molar-refractivity contribution is 5.77. The number of rotatable bonds is 3. The van der Waals surface area contributed by atoms with Gasteiger partial charge in [0.15, 0.2) is 0 Å². The van der Waals surface area contributed by atoms with Crippen molar-refractivity contribution in [3.8, 4) is 5.75 Å². The summed E-state index contributed by atoms with van der Waals surface area (Å²) in [5.41, 5.74) is 2.71. The van der Waals surface area contributed by atoms with Crippen LogP contribution in [0.4, 0.5) is 0 Å². The molecule has 1 saturated heterocycles. The highest BCUT2D eigenvalue weighted by atomic mass is 16.5. The first-order valence-corrected chi connectivity index (χ1v) is 8.36. The van der Waals surface area contributed by atoms with Gasteiger partial charge in [0, 0.05) is 32.1 Å². The molecule has 3 rings (SSSR count). The maximum absolute atomic E-state index is 12.7. The first-order valence-electron chi connectivity index (χ1n) is 8.36. The SMILES string of the molecule is COc1ccc2c(c1)CCCC2CC(=O)N1CCNC[C@@H]1C. The number of nitrogens with one attached hydrogen (secondary N) is 1. The average Bonchev–Trinajstić information content (AvgIpc) is 2.55. The third-order valence-corrected chi connectivity index (χ3v) is 5.03. The van der Waals surface area contributed by atoms with Crippen molar-refractivity contribution in [2.45, 2.75) is 44.6 Å². The minimum Gasteiger partial charge on any atom is -0.497 e. The van der Waals surface area contributed by atoms with Crippen LogP contribution < -0.4 is 10.1 Å². The van der Waals surface area contributed by atoms with Crippen molar-refractivity contribution in [1.29, 1.82) is 0 Å². The third kappa shape index (κ3) is 3.12. The number of carbonyl (C=O) groups excluding carboxylic acids is 1. The molecule has 1 aliphatic carbocycles. The summed E-state index contributed by atoms with van der Waals surface area (Å²) in [7, 11) is 1.71. The summed E-state index contributed by atoms with van der Waals surface area (Å²) in [5.74, 6) is 1.59. The smallest absolute Gasteiger partial charge is 0.223 e. The topological polar surface area (TPSA) is 41.6 Å². The Labute approximate surface area is 132 Å². The van der Waals surface area contributed by atoms with E-state index < -0.39 is 0 Å². The predicted molar refractivity (Wildman–Crippen MR) is 87.3 cm³/mol. The van der Waals surface area contributed by atoms with E-state index >= 15 is 0 Å². The Morgan fingerprint density at radius 1 is 1.45 bits per heavy atom. The second-order valence-corrected chi connectivity index (χ2v) is 6.50. The van der Waals surface area contributed by atoms with Crippen LogP contribution in [0, 0.1) is 0 Å². The van der Waals surface area contributed by atoms with E-state index in [-0.39, 0.29) is 0 Å². The second kappa shape index (κ2) is 6.69. The molecule has 1 unspecified atom stereocenters. The summed E-state index contributed by atoms with van der Waals surface area (Å²) in [6, 6.07) is 6.63. The van der Waals surface area contributed by atoms with Gasteiger partial charge in [0.2, 0.25) is 5.91 Å². The van der Waals surface area contributed by atoms with Gasteiger partial charge >= 0.3 is 0 Å². The maximum Gasteiger partial charge on any atom is 0.223 e. The Hall–Kier alpha value is -1.55. The van der Waals surface area contributed by atoms with Gasteiger partial charge in [-0.05, 0) is 55.4 Å². The van der Waals surface area contributed by atoms with Crippen molar-refractivity contribution in [2.75, 3.05) is 26.7 Å². The monoisotopic (exact) mass is 302 g/mol. The minimum absolute atomic E-state index is 0.306. The van der Waals surface area contributed by atoms with Crippen LogP contribution in [0.5, 0.6) is 5.75 Å². The van der Waals surface area contributed by atoms with Crippen molar-refractivity contribution >= 4 is 5.91 Å².